The van der Waals surface area contributed by atoms with Crippen molar-refractivity contribution in [2.75, 3.05) is 20.2 Å². The summed E-state index contributed by atoms with van der Waals surface area (Å²) in [4.78, 5) is 19.2. The van der Waals surface area contributed by atoms with Crippen LogP contribution in [0.4, 0.5) is 0 Å². The zero-order chi connectivity index (χ0) is 22.6. The van der Waals surface area contributed by atoms with Crippen LogP contribution in [0.5, 0.6) is 5.75 Å². The van der Waals surface area contributed by atoms with Crippen LogP contribution in [0.1, 0.15) is 95.8 Å². The van der Waals surface area contributed by atoms with Gasteiger partial charge in [-0.05, 0) is 43.5 Å². The van der Waals surface area contributed by atoms with E-state index in [9.17, 15) is 4.79 Å². The average Bonchev–Trinajstić information content (AvgIpc) is 3.33. The number of carbonyl (C=O) groups excluding carboxylic acids is 1. The van der Waals surface area contributed by atoms with Crippen LogP contribution >= 0.6 is 0 Å². The van der Waals surface area contributed by atoms with Crippen LogP contribution in [0.2, 0.25) is 0 Å². The van der Waals surface area contributed by atoms with Gasteiger partial charge in [-0.25, -0.2) is 0 Å². The SMILES string of the molecule is CCCCCCCCCCCC(=O)N1CCC(c2nc(-c3ccc(OC)cc3)no2)CC1. The molecular formula is C26H39N3O3. The lowest BCUT2D eigenvalue weighted by Crippen LogP contribution is -2.37. The molecule has 1 aliphatic rings. The highest BCUT2D eigenvalue weighted by Crippen LogP contribution is 2.29. The molecule has 6 heteroatoms. The number of hydrogen-bond donors (Lipinski definition) is 0. The van der Waals surface area contributed by atoms with E-state index >= 15 is 0 Å². The molecule has 6 nitrogen and oxygen atoms in total. The molecule has 1 saturated heterocycles. The molecule has 1 aromatic carbocycles. The zero-order valence-corrected chi connectivity index (χ0v) is 19.9. The van der Waals surface area contributed by atoms with Crippen molar-refractivity contribution in [3.63, 3.8) is 0 Å². The second-order valence-electron chi connectivity index (χ2n) is 8.92. The van der Waals surface area contributed by atoms with Gasteiger partial charge in [0.2, 0.25) is 17.6 Å². The maximum atomic E-state index is 12.6. The Morgan fingerprint density at radius 3 is 2.25 bits per heavy atom. The van der Waals surface area contributed by atoms with Gasteiger partial charge in [-0.15, -0.1) is 0 Å². The minimum absolute atomic E-state index is 0.228. The summed E-state index contributed by atoms with van der Waals surface area (Å²) in [5.74, 6) is 2.62. The Hall–Kier alpha value is -2.37. The highest BCUT2D eigenvalue weighted by molar-refractivity contribution is 5.76. The molecule has 2 aromatic rings. The number of amides is 1. The quantitative estimate of drug-likeness (QED) is 0.338. The minimum atomic E-state index is 0.228. The molecule has 0 N–H and O–H groups in total. The van der Waals surface area contributed by atoms with Gasteiger partial charge in [0, 0.05) is 31.0 Å². The molecule has 176 valence electrons. The molecule has 1 aromatic heterocycles. The third-order valence-electron chi connectivity index (χ3n) is 6.48. The Bertz CT molecular complexity index is 795. The summed E-state index contributed by atoms with van der Waals surface area (Å²) in [7, 11) is 1.65. The van der Waals surface area contributed by atoms with Gasteiger partial charge in [-0.3, -0.25) is 4.79 Å². The number of hydrogen-bond acceptors (Lipinski definition) is 5. The normalized spacial score (nSPS) is 14.6. The predicted molar refractivity (Wildman–Crippen MR) is 127 cm³/mol. The van der Waals surface area contributed by atoms with E-state index in [0.29, 0.717) is 24.0 Å². The first kappa shape index (κ1) is 24.3. The van der Waals surface area contributed by atoms with Crippen LogP contribution in [0.15, 0.2) is 28.8 Å². The lowest BCUT2D eigenvalue weighted by atomic mass is 9.96. The molecule has 1 amide bonds. The van der Waals surface area contributed by atoms with Crippen molar-refractivity contribution < 1.29 is 14.1 Å². The Balaban J connectivity index is 1.33. The number of piperidine rings is 1. The van der Waals surface area contributed by atoms with Crippen LogP contribution < -0.4 is 4.74 Å². The fourth-order valence-corrected chi connectivity index (χ4v) is 4.38. The van der Waals surface area contributed by atoms with Crippen molar-refractivity contribution in [1.29, 1.82) is 0 Å². The summed E-state index contributed by atoms with van der Waals surface area (Å²) in [5, 5.41) is 4.15. The number of benzene rings is 1. The Kier molecular flexibility index (Phi) is 10.0. The summed E-state index contributed by atoms with van der Waals surface area (Å²) >= 11 is 0. The second kappa shape index (κ2) is 13.2. The van der Waals surface area contributed by atoms with Crippen LogP contribution in [0.25, 0.3) is 11.4 Å². The van der Waals surface area contributed by atoms with E-state index in [1.54, 1.807) is 7.11 Å². The van der Waals surface area contributed by atoms with E-state index in [1.807, 2.05) is 29.2 Å². The molecule has 0 aliphatic carbocycles. The Labute approximate surface area is 192 Å². The third-order valence-corrected chi connectivity index (χ3v) is 6.48. The molecule has 0 atom stereocenters. The maximum absolute atomic E-state index is 12.6. The molecule has 0 spiro atoms. The van der Waals surface area contributed by atoms with E-state index in [-0.39, 0.29) is 5.92 Å². The van der Waals surface area contributed by atoms with Crippen molar-refractivity contribution in [3.8, 4) is 17.1 Å². The fourth-order valence-electron chi connectivity index (χ4n) is 4.38. The van der Waals surface area contributed by atoms with Gasteiger partial charge in [-0.1, -0.05) is 63.4 Å². The standard InChI is InChI=1S/C26H39N3O3/c1-3-4-5-6-7-8-9-10-11-12-24(30)29-19-17-22(18-20-29)26-27-25(28-32-26)21-13-15-23(31-2)16-14-21/h13-16,22H,3-12,17-20H2,1-2H3. The molecular weight excluding hydrogens is 402 g/mol. The highest BCUT2D eigenvalue weighted by atomic mass is 16.5. The number of aromatic nitrogens is 2. The number of ether oxygens (including phenoxy) is 1. The van der Waals surface area contributed by atoms with Crippen molar-refractivity contribution in [2.45, 2.75) is 89.9 Å². The van der Waals surface area contributed by atoms with E-state index in [1.165, 1.54) is 51.4 Å². The molecule has 0 bridgehead atoms. The predicted octanol–water partition coefficient (Wildman–Crippen LogP) is 6.37. The first-order valence-electron chi connectivity index (χ1n) is 12.5. The van der Waals surface area contributed by atoms with Gasteiger partial charge in [0.15, 0.2) is 0 Å². The summed E-state index contributed by atoms with van der Waals surface area (Å²) < 4.78 is 10.7. The Morgan fingerprint density at radius 1 is 1.00 bits per heavy atom. The van der Waals surface area contributed by atoms with Crippen LogP contribution in [-0.2, 0) is 4.79 Å². The number of unbranched alkanes of at least 4 members (excludes halogenated alkanes) is 8. The molecule has 1 aliphatic heterocycles. The smallest absolute Gasteiger partial charge is 0.230 e. The van der Waals surface area contributed by atoms with E-state index in [2.05, 4.69) is 17.1 Å². The van der Waals surface area contributed by atoms with Gasteiger partial charge >= 0.3 is 0 Å². The summed E-state index contributed by atoms with van der Waals surface area (Å²) in [6.45, 7) is 3.81. The fraction of sp³-hybridized carbons (Fsp3) is 0.654. The van der Waals surface area contributed by atoms with Crippen molar-refractivity contribution in [2.24, 2.45) is 0 Å². The molecule has 0 saturated carbocycles. The van der Waals surface area contributed by atoms with Gasteiger partial charge < -0.3 is 14.2 Å². The Morgan fingerprint density at radius 2 is 1.62 bits per heavy atom. The molecule has 0 radical (unpaired) electrons. The van der Waals surface area contributed by atoms with Gasteiger partial charge in [-0.2, -0.15) is 4.98 Å². The van der Waals surface area contributed by atoms with E-state index in [0.717, 1.165) is 43.7 Å². The van der Waals surface area contributed by atoms with Crippen molar-refractivity contribution in [3.05, 3.63) is 30.2 Å². The third kappa shape index (κ3) is 7.35. The molecule has 1 fully saturated rings. The highest BCUT2D eigenvalue weighted by Gasteiger charge is 2.27. The number of methoxy groups -OCH3 is 1. The number of likely N-dealkylation sites (tertiary alicyclic amines) is 1. The molecule has 2 heterocycles. The van der Waals surface area contributed by atoms with Crippen molar-refractivity contribution in [1.82, 2.24) is 15.0 Å². The van der Waals surface area contributed by atoms with Gasteiger partial charge in [0.05, 0.1) is 7.11 Å². The monoisotopic (exact) mass is 441 g/mol. The number of carbonyl (C=O) groups is 1. The van der Waals surface area contributed by atoms with Crippen LogP contribution in [0.3, 0.4) is 0 Å². The minimum Gasteiger partial charge on any atom is -0.497 e. The second-order valence-corrected chi connectivity index (χ2v) is 8.92. The summed E-state index contributed by atoms with van der Waals surface area (Å²) in [6, 6.07) is 7.65. The van der Waals surface area contributed by atoms with Crippen molar-refractivity contribution >= 4 is 5.91 Å². The summed E-state index contributed by atoms with van der Waals surface area (Å²) in [6.07, 6.45) is 14.0. The maximum Gasteiger partial charge on any atom is 0.230 e. The molecule has 32 heavy (non-hydrogen) atoms. The van der Waals surface area contributed by atoms with Crippen LogP contribution in [-0.4, -0.2) is 41.1 Å². The molecule has 3 rings (SSSR count). The first-order chi connectivity index (χ1) is 15.7. The number of rotatable bonds is 13. The topological polar surface area (TPSA) is 68.5 Å². The van der Waals surface area contributed by atoms with Gasteiger partial charge in [0.25, 0.3) is 0 Å². The summed E-state index contributed by atoms with van der Waals surface area (Å²) in [5.41, 5.74) is 0.911. The van der Waals surface area contributed by atoms with Crippen LogP contribution in [0, 0.1) is 0 Å². The first-order valence-corrected chi connectivity index (χ1v) is 12.5. The number of nitrogens with zero attached hydrogens (tertiary/aromatic N) is 3. The van der Waals surface area contributed by atoms with E-state index < -0.39 is 0 Å². The lowest BCUT2D eigenvalue weighted by molar-refractivity contribution is -0.132. The van der Waals surface area contributed by atoms with E-state index in [4.69, 9.17) is 9.26 Å². The zero-order valence-electron chi connectivity index (χ0n) is 19.9. The van der Waals surface area contributed by atoms with Gasteiger partial charge in [0.1, 0.15) is 5.75 Å². The lowest BCUT2D eigenvalue weighted by Gasteiger charge is -2.30. The average molecular weight is 442 g/mol. The molecule has 0 unspecified atom stereocenters. The largest absolute Gasteiger partial charge is 0.497 e.